The molecule has 0 bridgehead atoms. The van der Waals surface area contributed by atoms with Crippen LogP contribution in [-0.4, -0.2) is 66.6 Å². The summed E-state index contributed by atoms with van der Waals surface area (Å²) in [5, 5.41) is 15.8. The van der Waals surface area contributed by atoms with Gasteiger partial charge in [0, 0.05) is 43.1 Å². The van der Waals surface area contributed by atoms with E-state index in [2.05, 4.69) is 32.2 Å². The van der Waals surface area contributed by atoms with Crippen molar-refractivity contribution >= 4 is 12.1 Å². The Morgan fingerprint density at radius 2 is 1.84 bits per heavy atom. The topological polar surface area (TPSA) is 88.1 Å². The minimum Gasteiger partial charge on any atom is -0.462 e. The standard InChI is InChI=1S/C30H46N2O5/c1-27(10-9-25(33)36-19-27)24-8-13-30(35)23-5-4-20-18-21(37-26(34)32-16-14-31-15-17-32)6-11-28(20,2)22(23)7-12-29(24,30)3/h9-10,20-24,31,35H,4-8,11-19H2,1-3H3/t20?,21-,22-,23+,24+,27?,28-,29+,30-/m0/s1. The van der Waals surface area contributed by atoms with Crippen molar-refractivity contribution in [1.29, 1.82) is 0 Å². The van der Waals surface area contributed by atoms with E-state index in [1.165, 1.54) is 0 Å². The number of nitrogens with one attached hydrogen (secondary N) is 1. The minimum atomic E-state index is -0.668. The molecule has 9 atom stereocenters. The van der Waals surface area contributed by atoms with Gasteiger partial charge in [-0.2, -0.15) is 0 Å². The Kier molecular flexibility index (Phi) is 6.22. The Balaban J connectivity index is 1.17. The van der Waals surface area contributed by atoms with Crippen LogP contribution in [0, 0.1) is 39.9 Å². The van der Waals surface area contributed by atoms with Crippen LogP contribution >= 0.6 is 0 Å². The molecule has 0 radical (unpaired) electrons. The number of aliphatic hydroxyl groups is 1. The van der Waals surface area contributed by atoms with Crippen LogP contribution in [0.5, 0.6) is 0 Å². The molecule has 7 nitrogen and oxygen atoms in total. The van der Waals surface area contributed by atoms with Gasteiger partial charge in [-0.15, -0.1) is 0 Å². The van der Waals surface area contributed by atoms with Crippen LogP contribution in [0.4, 0.5) is 4.79 Å². The van der Waals surface area contributed by atoms with Crippen molar-refractivity contribution in [2.45, 2.75) is 90.3 Å². The molecule has 2 unspecified atom stereocenters. The number of esters is 1. The lowest BCUT2D eigenvalue weighted by Gasteiger charge is -2.64. The van der Waals surface area contributed by atoms with E-state index in [0.29, 0.717) is 30.3 Å². The fourth-order valence-electron chi connectivity index (χ4n) is 10.2. The van der Waals surface area contributed by atoms with E-state index in [1.807, 2.05) is 4.90 Å². The molecule has 2 aliphatic heterocycles. The number of fused-ring (bicyclic) bond motifs is 5. The largest absolute Gasteiger partial charge is 0.462 e. The molecular formula is C30H46N2O5. The number of nitrogens with zero attached hydrogens (tertiary/aromatic N) is 1. The highest BCUT2D eigenvalue weighted by Crippen LogP contribution is 2.71. The van der Waals surface area contributed by atoms with Crippen LogP contribution in [0.1, 0.15) is 78.6 Å². The number of hydrogen-bond acceptors (Lipinski definition) is 6. The maximum Gasteiger partial charge on any atom is 0.410 e. The predicted octanol–water partition coefficient (Wildman–Crippen LogP) is 4.29. The van der Waals surface area contributed by atoms with E-state index in [-0.39, 0.29) is 34.4 Å². The molecule has 2 heterocycles. The first kappa shape index (κ1) is 25.7. The average Bonchev–Trinajstić information content (AvgIpc) is 3.18. The number of amides is 1. The summed E-state index contributed by atoms with van der Waals surface area (Å²) in [5.74, 6) is 1.43. The molecule has 6 aliphatic rings. The predicted molar refractivity (Wildman–Crippen MR) is 140 cm³/mol. The van der Waals surface area contributed by atoms with Crippen LogP contribution in [0.15, 0.2) is 12.2 Å². The van der Waals surface area contributed by atoms with Gasteiger partial charge in [0.1, 0.15) is 12.7 Å². The third-order valence-corrected chi connectivity index (χ3v) is 12.4. The van der Waals surface area contributed by atoms with Crippen molar-refractivity contribution in [3.05, 3.63) is 12.2 Å². The summed E-state index contributed by atoms with van der Waals surface area (Å²) in [6, 6.07) is 0. The number of carbonyl (C=O) groups excluding carboxylic acids is 2. The number of rotatable bonds is 2. The Hall–Kier alpha value is -1.60. The summed E-state index contributed by atoms with van der Waals surface area (Å²) in [5.41, 5.74) is -0.859. The number of hydrogen-bond donors (Lipinski definition) is 2. The summed E-state index contributed by atoms with van der Waals surface area (Å²) >= 11 is 0. The third-order valence-electron chi connectivity index (χ3n) is 12.4. The second-order valence-corrected chi connectivity index (χ2v) is 13.9. The Morgan fingerprint density at radius 3 is 2.57 bits per heavy atom. The zero-order valence-corrected chi connectivity index (χ0v) is 23.0. The van der Waals surface area contributed by atoms with Gasteiger partial charge in [-0.1, -0.05) is 26.8 Å². The molecule has 1 amide bonds. The number of piperazine rings is 1. The first-order chi connectivity index (χ1) is 17.6. The first-order valence-corrected chi connectivity index (χ1v) is 14.8. The van der Waals surface area contributed by atoms with Crippen molar-refractivity contribution < 1.29 is 24.2 Å². The maximum atomic E-state index is 12.8. The van der Waals surface area contributed by atoms with E-state index in [9.17, 15) is 14.7 Å². The third kappa shape index (κ3) is 3.89. The SMILES string of the molecule is CC1([C@H]2CC[C@]3(O)[C@@H]4CCC5C[C@@H](OC(=O)N6CCNCC6)CC[C@]5(C)[C@H]4CC[C@]23C)C=CC(=O)OC1. The Labute approximate surface area is 221 Å². The quantitative estimate of drug-likeness (QED) is 0.535. The highest BCUT2D eigenvalue weighted by Gasteiger charge is 2.69. The van der Waals surface area contributed by atoms with E-state index < -0.39 is 5.60 Å². The highest BCUT2D eigenvalue weighted by atomic mass is 16.6. The molecule has 0 aromatic heterocycles. The van der Waals surface area contributed by atoms with Gasteiger partial charge in [0.2, 0.25) is 0 Å². The summed E-state index contributed by atoms with van der Waals surface area (Å²) in [7, 11) is 0. The van der Waals surface area contributed by atoms with Gasteiger partial charge in [-0.25, -0.2) is 9.59 Å². The molecule has 2 N–H and O–H groups in total. The zero-order chi connectivity index (χ0) is 26.1. The highest BCUT2D eigenvalue weighted by molar-refractivity contribution is 5.83. The fraction of sp³-hybridized carbons (Fsp3) is 0.867. The van der Waals surface area contributed by atoms with Gasteiger partial charge in [-0.05, 0) is 86.9 Å². The van der Waals surface area contributed by atoms with E-state index in [1.54, 1.807) is 6.08 Å². The second-order valence-electron chi connectivity index (χ2n) is 13.9. The van der Waals surface area contributed by atoms with Crippen molar-refractivity contribution in [1.82, 2.24) is 10.2 Å². The molecule has 0 aromatic carbocycles. The van der Waals surface area contributed by atoms with Gasteiger partial charge >= 0.3 is 12.1 Å². The molecule has 0 aromatic rings. The first-order valence-electron chi connectivity index (χ1n) is 14.8. The zero-order valence-electron chi connectivity index (χ0n) is 23.0. The van der Waals surface area contributed by atoms with Crippen LogP contribution in [0.25, 0.3) is 0 Å². The van der Waals surface area contributed by atoms with Crippen LogP contribution in [-0.2, 0) is 14.3 Å². The van der Waals surface area contributed by atoms with Crippen molar-refractivity contribution in [3.8, 4) is 0 Å². The monoisotopic (exact) mass is 514 g/mol. The van der Waals surface area contributed by atoms with E-state index >= 15 is 0 Å². The van der Waals surface area contributed by atoms with Gasteiger partial charge in [-0.3, -0.25) is 0 Å². The molecule has 0 spiro atoms. The average molecular weight is 515 g/mol. The van der Waals surface area contributed by atoms with Gasteiger partial charge in [0.15, 0.2) is 0 Å². The summed E-state index contributed by atoms with van der Waals surface area (Å²) in [6.07, 6.45) is 12.7. The Bertz CT molecular complexity index is 964. The number of carbonyl (C=O) groups is 2. The molecule has 206 valence electrons. The lowest BCUT2D eigenvalue weighted by molar-refractivity contribution is -0.217. The summed E-state index contributed by atoms with van der Waals surface area (Å²) in [6.45, 7) is 10.6. The molecule has 1 saturated heterocycles. The fourth-order valence-corrected chi connectivity index (χ4v) is 10.2. The normalized spacial score (nSPS) is 49.5. The Morgan fingerprint density at radius 1 is 1.05 bits per heavy atom. The molecule has 6 rings (SSSR count). The molecule has 4 saturated carbocycles. The van der Waals surface area contributed by atoms with E-state index in [0.717, 1.165) is 84.0 Å². The summed E-state index contributed by atoms with van der Waals surface area (Å²) in [4.78, 5) is 26.3. The second kappa shape index (κ2) is 8.97. The molecular weight excluding hydrogens is 468 g/mol. The van der Waals surface area contributed by atoms with Crippen LogP contribution < -0.4 is 5.32 Å². The number of ether oxygens (including phenoxy) is 2. The smallest absolute Gasteiger partial charge is 0.410 e. The van der Waals surface area contributed by atoms with E-state index in [4.69, 9.17) is 9.47 Å². The molecule has 37 heavy (non-hydrogen) atoms. The van der Waals surface area contributed by atoms with Gasteiger partial charge < -0.3 is 24.8 Å². The van der Waals surface area contributed by atoms with Gasteiger partial charge in [0.25, 0.3) is 0 Å². The number of cyclic esters (lactones) is 1. The lowest BCUT2D eigenvalue weighted by atomic mass is 9.42. The molecule has 7 heteroatoms. The van der Waals surface area contributed by atoms with Crippen LogP contribution in [0.2, 0.25) is 0 Å². The minimum absolute atomic E-state index is 0.0190. The lowest BCUT2D eigenvalue weighted by Crippen LogP contribution is -2.63. The molecule has 4 aliphatic carbocycles. The maximum absolute atomic E-state index is 12.8. The van der Waals surface area contributed by atoms with Crippen LogP contribution in [0.3, 0.4) is 0 Å². The van der Waals surface area contributed by atoms with Crippen molar-refractivity contribution in [2.24, 2.45) is 39.9 Å². The van der Waals surface area contributed by atoms with Gasteiger partial charge in [0.05, 0.1) is 5.60 Å². The van der Waals surface area contributed by atoms with Crippen molar-refractivity contribution in [3.63, 3.8) is 0 Å². The summed E-state index contributed by atoms with van der Waals surface area (Å²) < 4.78 is 11.5. The van der Waals surface area contributed by atoms with Crippen molar-refractivity contribution in [2.75, 3.05) is 32.8 Å². The molecule has 5 fully saturated rings.